The van der Waals surface area contributed by atoms with Crippen LogP contribution in [0.2, 0.25) is 0 Å². The maximum absolute atomic E-state index is 13.9. The highest BCUT2D eigenvalue weighted by atomic mass is 19.1. The van der Waals surface area contributed by atoms with Gasteiger partial charge < -0.3 is 5.32 Å². The van der Waals surface area contributed by atoms with Gasteiger partial charge in [0.1, 0.15) is 5.82 Å². The van der Waals surface area contributed by atoms with Crippen LogP contribution in [0.4, 0.5) is 4.39 Å². The summed E-state index contributed by atoms with van der Waals surface area (Å²) in [5, 5.41) is 3.58. The quantitative estimate of drug-likeness (QED) is 0.902. The van der Waals surface area contributed by atoms with E-state index in [2.05, 4.69) is 37.9 Å². The van der Waals surface area contributed by atoms with Crippen molar-refractivity contribution in [2.45, 2.75) is 45.8 Å². The first-order valence-corrected chi connectivity index (χ1v) is 7.24. The fraction of sp³-hybridized carbons (Fsp3) is 0.625. The lowest BCUT2D eigenvalue weighted by Gasteiger charge is -2.43. The summed E-state index contributed by atoms with van der Waals surface area (Å²) < 4.78 is 13.9. The fourth-order valence-electron chi connectivity index (χ4n) is 2.89. The van der Waals surface area contributed by atoms with E-state index in [0.717, 1.165) is 18.7 Å². The predicted octanol–water partition coefficient (Wildman–Crippen LogP) is 3.21. The lowest BCUT2D eigenvalue weighted by Crippen LogP contribution is -2.57. The average molecular weight is 264 g/mol. The van der Waals surface area contributed by atoms with E-state index in [9.17, 15) is 4.39 Å². The van der Waals surface area contributed by atoms with Gasteiger partial charge in [0.25, 0.3) is 0 Å². The molecule has 1 aromatic rings. The van der Waals surface area contributed by atoms with E-state index in [1.165, 1.54) is 0 Å². The van der Waals surface area contributed by atoms with Gasteiger partial charge in [-0.15, -0.1) is 0 Å². The topological polar surface area (TPSA) is 15.3 Å². The molecule has 0 aliphatic carbocycles. The van der Waals surface area contributed by atoms with Gasteiger partial charge in [-0.2, -0.15) is 0 Å². The summed E-state index contributed by atoms with van der Waals surface area (Å²) in [5.41, 5.74) is 0.804. The molecule has 3 atom stereocenters. The van der Waals surface area contributed by atoms with Crippen LogP contribution in [0.1, 0.15) is 39.3 Å². The van der Waals surface area contributed by atoms with Crippen LogP contribution in [0, 0.1) is 11.7 Å². The smallest absolute Gasteiger partial charge is 0.127 e. The van der Waals surface area contributed by atoms with Crippen LogP contribution >= 0.6 is 0 Å². The summed E-state index contributed by atoms with van der Waals surface area (Å²) in [7, 11) is 0. The first-order valence-electron chi connectivity index (χ1n) is 7.24. The maximum atomic E-state index is 13.9. The summed E-state index contributed by atoms with van der Waals surface area (Å²) in [6, 6.07) is 8.18. The number of nitrogens with zero attached hydrogens (tertiary/aromatic N) is 1. The molecule has 1 saturated heterocycles. The Morgan fingerprint density at radius 1 is 1.26 bits per heavy atom. The van der Waals surface area contributed by atoms with Crippen molar-refractivity contribution >= 4 is 0 Å². The van der Waals surface area contributed by atoms with E-state index < -0.39 is 0 Å². The number of nitrogens with one attached hydrogen (secondary N) is 1. The Morgan fingerprint density at radius 2 is 1.95 bits per heavy atom. The lowest BCUT2D eigenvalue weighted by atomic mass is 9.96. The second-order valence-corrected chi connectivity index (χ2v) is 6.00. The monoisotopic (exact) mass is 264 g/mol. The first-order chi connectivity index (χ1) is 9.00. The molecular weight excluding hydrogens is 239 g/mol. The van der Waals surface area contributed by atoms with Crippen molar-refractivity contribution < 1.29 is 4.39 Å². The highest BCUT2D eigenvalue weighted by Crippen LogP contribution is 2.27. The summed E-state index contributed by atoms with van der Waals surface area (Å²) >= 11 is 0. The molecule has 0 aromatic heterocycles. The van der Waals surface area contributed by atoms with Crippen LogP contribution in [0.25, 0.3) is 0 Å². The predicted molar refractivity (Wildman–Crippen MR) is 77.6 cm³/mol. The first kappa shape index (κ1) is 14.5. The second-order valence-electron chi connectivity index (χ2n) is 6.00. The summed E-state index contributed by atoms with van der Waals surface area (Å²) in [6.07, 6.45) is 0. The molecule has 19 heavy (non-hydrogen) atoms. The number of benzene rings is 1. The van der Waals surface area contributed by atoms with Crippen molar-refractivity contribution in [3.8, 4) is 0 Å². The minimum Gasteiger partial charge on any atom is -0.311 e. The van der Waals surface area contributed by atoms with Gasteiger partial charge in [0, 0.05) is 36.8 Å². The Balaban J connectivity index is 2.17. The molecule has 0 bridgehead atoms. The summed E-state index contributed by atoms with van der Waals surface area (Å²) in [5.74, 6) is 0.504. The van der Waals surface area contributed by atoms with Gasteiger partial charge in [-0.3, -0.25) is 4.90 Å². The number of hydrogen-bond acceptors (Lipinski definition) is 2. The number of rotatable bonds is 3. The van der Waals surface area contributed by atoms with E-state index in [4.69, 9.17) is 0 Å². The number of halogens is 1. The van der Waals surface area contributed by atoms with E-state index in [1.54, 1.807) is 12.1 Å². The van der Waals surface area contributed by atoms with Crippen molar-refractivity contribution in [2.24, 2.45) is 5.92 Å². The average Bonchev–Trinajstić information content (AvgIpc) is 2.38. The molecule has 0 amide bonds. The molecule has 1 aliphatic rings. The van der Waals surface area contributed by atoms with Crippen LogP contribution in [0.3, 0.4) is 0 Å². The van der Waals surface area contributed by atoms with E-state index in [-0.39, 0.29) is 11.9 Å². The summed E-state index contributed by atoms with van der Waals surface area (Å²) in [4.78, 5) is 2.42. The molecule has 1 aromatic carbocycles. The van der Waals surface area contributed by atoms with Crippen LogP contribution in [0.15, 0.2) is 24.3 Å². The lowest BCUT2D eigenvalue weighted by molar-refractivity contribution is 0.0836. The molecule has 0 spiro atoms. The van der Waals surface area contributed by atoms with E-state index in [0.29, 0.717) is 18.0 Å². The molecule has 1 aliphatic heterocycles. The molecule has 0 saturated carbocycles. The standard InChI is InChI=1S/C16H25FN2/c1-11(2)16-10-19(12(3)9-18-16)13(4)14-7-5-6-8-15(14)17/h5-8,11-13,16,18H,9-10H2,1-4H3. The fourth-order valence-corrected chi connectivity index (χ4v) is 2.89. The minimum atomic E-state index is -0.0955. The van der Waals surface area contributed by atoms with Gasteiger partial charge in [-0.25, -0.2) is 4.39 Å². The molecule has 1 heterocycles. The van der Waals surface area contributed by atoms with Crippen LogP contribution < -0.4 is 5.32 Å². The van der Waals surface area contributed by atoms with Gasteiger partial charge in [0.2, 0.25) is 0 Å². The number of hydrogen-bond donors (Lipinski definition) is 1. The SMILES string of the molecule is CC(C)C1CN(C(C)c2ccccc2F)C(C)CN1. The molecule has 1 fully saturated rings. The molecule has 0 radical (unpaired) electrons. The zero-order chi connectivity index (χ0) is 14.0. The largest absolute Gasteiger partial charge is 0.311 e. The van der Waals surface area contributed by atoms with Crippen molar-refractivity contribution in [1.29, 1.82) is 0 Å². The van der Waals surface area contributed by atoms with Crippen molar-refractivity contribution in [2.75, 3.05) is 13.1 Å². The zero-order valence-electron chi connectivity index (χ0n) is 12.4. The van der Waals surface area contributed by atoms with E-state index in [1.807, 2.05) is 12.1 Å². The Kier molecular flexibility index (Phi) is 4.58. The Morgan fingerprint density at radius 3 is 2.58 bits per heavy atom. The molecule has 3 heteroatoms. The van der Waals surface area contributed by atoms with Crippen molar-refractivity contribution in [3.05, 3.63) is 35.6 Å². The molecule has 1 N–H and O–H groups in total. The third-order valence-corrected chi connectivity index (χ3v) is 4.31. The molecule has 2 nitrogen and oxygen atoms in total. The number of piperazine rings is 1. The highest BCUT2D eigenvalue weighted by Gasteiger charge is 2.31. The Labute approximate surface area is 116 Å². The van der Waals surface area contributed by atoms with Crippen molar-refractivity contribution in [3.63, 3.8) is 0 Å². The normalized spacial score (nSPS) is 26.6. The van der Waals surface area contributed by atoms with Gasteiger partial charge in [0.05, 0.1) is 0 Å². The minimum absolute atomic E-state index is 0.0955. The van der Waals surface area contributed by atoms with Crippen LogP contribution in [0.5, 0.6) is 0 Å². The van der Waals surface area contributed by atoms with Crippen LogP contribution in [-0.2, 0) is 0 Å². The zero-order valence-corrected chi connectivity index (χ0v) is 12.4. The molecule has 3 unspecified atom stereocenters. The third-order valence-electron chi connectivity index (χ3n) is 4.31. The molecule has 106 valence electrons. The van der Waals surface area contributed by atoms with Gasteiger partial charge in [0.15, 0.2) is 0 Å². The molecular formula is C16H25FN2. The second kappa shape index (κ2) is 6.02. The van der Waals surface area contributed by atoms with Gasteiger partial charge >= 0.3 is 0 Å². The van der Waals surface area contributed by atoms with Crippen LogP contribution in [-0.4, -0.2) is 30.1 Å². The van der Waals surface area contributed by atoms with E-state index >= 15 is 0 Å². The van der Waals surface area contributed by atoms with Crippen molar-refractivity contribution in [1.82, 2.24) is 10.2 Å². The Hall–Kier alpha value is -0.930. The summed E-state index contributed by atoms with van der Waals surface area (Å²) in [6.45, 7) is 10.7. The van der Waals surface area contributed by atoms with Gasteiger partial charge in [-0.05, 0) is 25.8 Å². The Bertz CT molecular complexity index is 419. The molecule has 2 rings (SSSR count). The highest BCUT2D eigenvalue weighted by molar-refractivity contribution is 5.21. The maximum Gasteiger partial charge on any atom is 0.127 e. The van der Waals surface area contributed by atoms with Gasteiger partial charge in [-0.1, -0.05) is 32.0 Å². The third kappa shape index (κ3) is 3.15.